The van der Waals surface area contributed by atoms with Crippen LogP contribution in [0.25, 0.3) is 6.08 Å². The molecule has 24 heavy (non-hydrogen) atoms. The number of imide groups is 1. The first kappa shape index (κ1) is 16.2. The molecule has 2 aliphatic rings. The van der Waals surface area contributed by atoms with Gasteiger partial charge >= 0.3 is 5.88 Å². The van der Waals surface area contributed by atoms with Gasteiger partial charge in [-0.25, -0.2) is 0 Å². The van der Waals surface area contributed by atoms with E-state index in [4.69, 9.17) is 4.42 Å². The van der Waals surface area contributed by atoms with Gasteiger partial charge in [0, 0.05) is 19.2 Å². The maximum Gasteiger partial charge on any atom is 0.433 e. The molecule has 2 saturated heterocycles. The van der Waals surface area contributed by atoms with Crippen molar-refractivity contribution in [2.75, 3.05) is 19.6 Å². The monoisotopic (exact) mass is 351 g/mol. The summed E-state index contributed by atoms with van der Waals surface area (Å²) in [5.41, 5.74) is 0. The molecule has 0 bridgehead atoms. The second kappa shape index (κ2) is 6.48. The number of nitrogens with zero attached hydrogens (tertiary/aromatic N) is 3. The van der Waals surface area contributed by atoms with Gasteiger partial charge in [-0.05, 0) is 30.7 Å². The van der Waals surface area contributed by atoms with Crippen LogP contribution in [0.15, 0.2) is 21.5 Å². The zero-order chi connectivity index (χ0) is 17.3. The summed E-state index contributed by atoms with van der Waals surface area (Å²) in [6.07, 6.45) is 3.11. The Balaban J connectivity index is 1.71. The van der Waals surface area contributed by atoms with Gasteiger partial charge in [0.05, 0.1) is 11.0 Å². The zero-order valence-corrected chi connectivity index (χ0v) is 13.3. The van der Waals surface area contributed by atoms with Gasteiger partial charge in [-0.1, -0.05) is 0 Å². The van der Waals surface area contributed by atoms with E-state index in [1.54, 1.807) is 4.90 Å². The van der Waals surface area contributed by atoms with Gasteiger partial charge in [0.25, 0.3) is 11.1 Å². The first-order chi connectivity index (χ1) is 11.5. The van der Waals surface area contributed by atoms with Crippen LogP contribution in [0.5, 0.6) is 0 Å². The van der Waals surface area contributed by atoms with Crippen molar-refractivity contribution in [2.24, 2.45) is 0 Å². The Morgan fingerprint density at radius 2 is 2.04 bits per heavy atom. The molecular weight excluding hydrogens is 338 g/mol. The molecule has 2 aliphatic heterocycles. The number of hydrogen-bond acceptors (Lipinski definition) is 7. The lowest BCUT2D eigenvalue weighted by Crippen LogP contribution is -2.40. The molecular formula is C14H13N3O6S. The Hall–Kier alpha value is -2.62. The molecule has 3 rings (SSSR count). The SMILES string of the molecule is O=C(CN1C(=O)S/C(=C/c2ccc([N+](=O)[O-])o2)C1=O)N1CCCC1. The molecule has 0 atom stereocenters. The first-order valence-electron chi connectivity index (χ1n) is 7.23. The number of hydrogen-bond donors (Lipinski definition) is 0. The van der Waals surface area contributed by atoms with Crippen LogP contribution in [0.2, 0.25) is 0 Å². The van der Waals surface area contributed by atoms with E-state index in [-0.39, 0.29) is 23.1 Å². The molecule has 3 heterocycles. The molecule has 0 aliphatic carbocycles. The molecule has 2 fully saturated rings. The topological polar surface area (TPSA) is 114 Å². The van der Waals surface area contributed by atoms with Crippen molar-refractivity contribution in [3.63, 3.8) is 0 Å². The van der Waals surface area contributed by atoms with Gasteiger partial charge in [0.2, 0.25) is 5.91 Å². The number of amides is 3. The van der Waals surface area contributed by atoms with E-state index in [0.29, 0.717) is 24.9 Å². The minimum Gasteiger partial charge on any atom is -0.401 e. The second-order valence-corrected chi connectivity index (χ2v) is 6.28. The van der Waals surface area contributed by atoms with Crippen molar-refractivity contribution in [3.05, 3.63) is 32.9 Å². The van der Waals surface area contributed by atoms with Gasteiger partial charge in [-0.15, -0.1) is 0 Å². The van der Waals surface area contributed by atoms with Gasteiger partial charge < -0.3 is 9.32 Å². The van der Waals surface area contributed by atoms with Gasteiger partial charge in [-0.2, -0.15) is 0 Å². The Morgan fingerprint density at radius 1 is 1.33 bits per heavy atom. The van der Waals surface area contributed by atoms with Crippen molar-refractivity contribution in [2.45, 2.75) is 12.8 Å². The largest absolute Gasteiger partial charge is 0.433 e. The summed E-state index contributed by atoms with van der Waals surface area (Å²) >= 11 is 0.677. The number of carbonyl (C=O) groups is 3. The molecule has 0 N–H and O–H groups in total. The first-order valence-corrected chi connectivity index (χ1v) is 8.05. The smallest absolute Gasteiger partial charge is 0.401 e. The van der Waals surface area contributed by atoms with Crippen LogP contribution in [0.4, 0.5) is 10.7 Å². The predicted octanol–water partition coefficient (Wildman–Crippen LogP) is 1.85. The highest BCUT2D eigenvalue weighted by Crippen LogP contribution is 2.33. The second-order valence-electron chi connectivity index (χ2n) is 5.29. The van der Waals surface area contributed by atoms with Crippen molar-refractivity contribution in [3.8, 4) is 0 Å². The number of rotatable bonds is 4. The number of nitro groups is 1. The molecule has 10 heteroatoms. The fourth-order valence-electron chi connectivity index (χ4n) is 2.49. The molecule has 1 aromatic rings. The lowest BCUT2D eigenvalue weighted by Gasteiger charge is -2.18. The van der Waals surface area contributed by atoms with E-state index < -0.39 is 22.0 Å². The summed E-state index contributed by atoms with van der Waals surface area (Å²) in [7, 11) is 0. The quantitative estimate of drug-likeness (QED) is 0.462. The molecule has 0 unspecified atom stereocenters. The van der Waals surface area contributed by atoms with Crippen molar-refractivity contribution >= 4 is 40.8 Å². The third-order valence-electron chi connectivity index (χ3n) is 3.69. The zero-order valence-electron chi connectivity index (χ0n) is 12.5. The van der Waals surface area contributed by atoms with E-state index in [1.165, 1.54) is 12.1 Å². The van der Waals surface area contributed by atoms with Crippen LogP contribution < -0.4 is 0 Å². The average Bonchev–Trinajstić information content (AvgIpc) is 3.25. The highest BCUT2D eigenvalue weighted by atomic mass is 32.2. The summed E-state index contributed by atoms with van der Waals surface area (Å²) in [5.74, 6) is -1.22. The molecule has 3 amide bonds. The van der Waals surface area contributed by atoms with E-state index in [9.17, 15) is 24.5 Å². The van der Waals surface area contributed by atoms with Gasteiger partial charge in [-0.3, -0.25) is 29.4 Å². The van der Waals surface area contributed by atoms with Gasteiger partial charge in [0.15, 0.2) is 0 Å². The minimum atomic E-state index is -0.697. The Labute approximate surface area is 140 Å². The fraction of sp³-hybridized carbons (Fsp3) is 0.357. The number of carbonyl (C=O) groups excluding carboxylic acids is 3. The average molecular weight is 351 g/mol. The number of thioether (sulfide) groups is 1. The Morgan fingerprint density at radius 3 is 2.67 bits per heavy atom. The maximum absolute atomic E-state index is 12.3. The molecule has 0 saturated carbocycles. The summed E-state index contributed by atoms with van der Waals surface area (Å²) in [4.78, 5) is 48.8. The summed E-state index contributed by atoms with van der Waals surface area (Å²) in [5, 5.41) is 10.0. The predicted molar refractivity (Wildman–Crippen MR) is 83.9 cm³/mol. The maximum atomic E-state index is 12.3. The Kier molecular flexibility index (Phi) is 4.38. The van der Waals surface area contributed by atoms with Crippen molar-refractivity contribution < 1.29 is 23.7 Å². The standard InChI is InChI=1S/C14H13N3O6S/c18-11(15-5-1-2-6-15)8-16-13(19)10(24-14(16)20)7-9-3-4-12(23-9)17(21)22/h3-4,7H,1-2,5-6,8H2/b10-7+. The number of likely N-dealkylation sites (tertiary alicyclic amines) is 1. The summed E-state index contributed by atoms with van der Waals surface area (Å²) in [6, 6.07) is 2.49. The van der Waals surface area contributed by atoms with Gasteiger partial charge in [0.1, 0.15) is 17.2 Å². The van der Waals surface area contributed by atoms with E-state index >= 15 is 0 Å². The normalized spacial score (nSPS) is 19.6. The number of furan rings is 1. The molecule has 0 radical (unpaired) electrons. The lowest BCUT2D eigenvalue weighted by molar-refractivity contribution is -0.402. The minimum absolute atomic E-state index is 0.0680. The third-order valence-corrected chi connectivity index (χ3v) is 4.60. The molecule has 0 spiro atoms. The van der Waals surface area contributed by atoms with Crippen LogP contribution in [0.1, 0.15) is 18.6 Å². The molecule has 1 aromatic heterocycles. The summed E-state index contributed by atoms with van der Waals surface area (Å²) < 4.78 is 4.94. The van der Waals surface area contributed by atoms with Crippen LogP contribution in [-0.2, 0) is 9.59 Å². The third kappa shape index (κ3) is 3.18. The lowest BCUT2D eigenvalue weighted by atomic mass is 10.3. The Bertz CT molecular complexity index is 749. The van der Waals surface area contributed by atoms with Crippen molar-refractivity contribution in [1.82, 2.24) is 9.80 Å². The highest BCUT2D eigenvalue weighted by molar-refractivity contribution is 8.18. The van der Waals surface area contributed by atoms with Crippen LogP contribution >= 0.6 is 11.8 Å². The highest BCUT2D eigenvalue weighted by Gasteiger charge is 2.37. The van der Waals surface area contributed by atoms with E-state index in [0.717, 1.165) is 23.8 Å². The van der Waals surface area contributed by atoms with Crippen molar-refractivity contribution in [1.29, 1.82) is 0 Å². The van der Waals surface area contributed by atoms with Crippen LogP contribution in [-0.4, -0.2) is 51.4 Å². The van der Waals surface area contributed by atoms with Crippen LogP contribution in [0, 0.1) is 10.1 Å². The molecule has 0 aromatic carbocycles. The van der Waals surface area contributed by atoms with E-state index in [1.807, 2.05) is 0 Å². The van der Waals surface area contributed by atoms with E-state index in [2.05, 4.69) is 0 Å². The van der Waals surface area contributed by atoms with Crippen LogP contribution in [0.3, 0.4) is 0 Å². The molecule has 126 valence electrons. The summed E-state index contributed by atoms with van der Waals surface area (Å²) in [6.45, 7) is 0.988. The molecule has 9 nitrogen and oxygen atoms in total. The fourth-order valence-corrected chi connectivity index (χ4v) is 3.30.